The summed E-state index contributed by atoms with van der Waals surface area (Å²) >= 11 is 1.65. The predicted molar refractivity (Wildman–Crippen MR) is 72.5 cm³/mol. The zero-order valence-corrected chi connectivity index (χ0v) is 11.6. The summed E-state index contributed by atoms with van der Waals surface area (Å²) in [4.78, 5) is 7.69. The van der Waals surface area contributed by atoms with Crippen LogP contribution in [0.15, 0.2) is 6.20 Å². The summed E-state index contributed by atoms with van der Waals surface area (Å²) in [5.41, 5.74) is 1.02. The summed E-state index contributed by atoms with van der Waals surface area (Å²) < 4.78 is 7.56. The zero-order valence-electron chi connectivity index (χ0n) is 10.8. The molecular formula is C12H18N4OS. The summed E-state index contributed by atoms with van der Waals surface area (Å²) in [5.74, 6) is 0. The SMILES string of the molecule is CCN(C[C@H]1CCCO1)c1nn2cc(C)nc2s1. The molecule has 0 unspecified atom stereocenters. The quantitative estimate of drug-likeness (QED) is 0.850. The van der Waals surface area contributed by atoms with Crippen LogP contribution in [0.5, 0.6) is 0 Å². The molecule has 1 aliphatic rings. The van der Waals surface area contributed by atoms with E-state index in [4.69, 9.17) is 4.74 Å². The van der Waals surface area contributed by atoms with Gasteiger partial charge in [-0.2, -0.15) is 0 Å². The van der Waals surface area contributed by atoms with Crippen molar-refractivity contribution < 1.29 is 4.74 Å². The van der Waals surface area contributed by atoms with E-state index in [2.05, 4.69) is 21.9 Å². The highest BCUT2D eigenvalue weighted by Gasteiger charge is 2.21. The van der Waals surface area contributed by atoms with Gasteiger partial charge in [-0.1, -0.05) is 11.3 Å². The largest absolute Gasteiger partial charge is 0.376 e. The Balaban J connectivity index is 1.78. The molecule has 98 valence electrons. The van der Waals surface area contributed by atoms with E-state index in [9.17, 15) is 0 Å². The van der Waals surface area contributed by atoms with Crippen LogP contribution in [0.2, 0.25) is 0 Å². The van der Waals surface area contributed by atoms with Crippen molar-refractivity contribution in [2.24, 2.45) is 0 Å². The van der Waals surface area contributed by atoms with Gasteiger partial charge in [0.1, 0.15) is 0 Å². The highest BCUT2D eigenvalue weighted by molar-refractivity contribution is 7.20. The summed E-state index contributed by atoms with van der Waals surface area (Å²) in [7, 11) is 0. The summed E-state index contributed by atoms with van der Waals surface area (Å²) in [5, 5.41) is 5.63. The molecule has 0 aliphatic carbocycles. The smallest absolute Gasteiger partial charge is 0.214 e. The van der Waals surface area contributed by atoms with Crippen LogP contribution in [0, 0.1) is 6.92 Å². The van der Waals surface area contributed by atoms with Gasteiger partial charge < -0.3 is 9.64 Å². The number of nitrogens with zero attached hydrogens (tertiary/aromatic N) is 4. The first-order valence-electron chi connectivity index (χ1n) is 6.45. The number of aryl methyl sites for hydroxylation is 1. The standard InChI is InChI=1S/C12H18N4OS/c1-3-15(8-10-5-4-6-17-10)12-14-16-7-9(2)13-11(16)18-12/h7,10H,3-6,8H2,1-2H3/t10-/m1/s1. The molecular weight excluding hydrogens is 248 g/mol. The van der Waals surface area contributed by atoms with E-state index in [0.29, 0.717) is 6.10 Å². The van der Waals surface area contributed by atoms with Crippen molar-refractivity contribution >= 4 is 21.4 Å². The maximum absolute atomic E-state index is 5.69. The second-order valence-electron chi connectivity index (χ2n) is 4.67. The minimum Gasteiger partial charge on any atom is -0.376 e. The molecule has 3 heterocycles. The number of hydrogen-bond acceptors (Lipinski definition) is 5. The molecule has 2 aromatic rings. The molecule has 1 atom stereocenters. The first-order chi connectivity index (χ1) is 8.76. The first kappa shape index (κ1) is 11.9. The second kappa shape index (κ2) is 4.85. The number of fused-ring (bicyclic) bond motifs is 1. The molecule has 1 aliphatic heterocycles. The van der Waals surface area contributed by atoms with E-state index < -0.39 is 0 Å². The molecule has 0 bridgehead atoms. The van der Waals surface area contributed by atoms with Crippen molar-refractivity contribution in [3.8, 4) is 0 Å². The molecule has 0 N–H and O–H groups in total. The highest BCUT2D eigenvalue weighted by atomic mass is 32.1. The van der Waals surface area contributed by atoms with Gasteiger partial charge in [-0.3, -0.25) is 0 Å². The Morgan fingerprint density at radius 3 is 3.17 bits per heavy atom. The average molecular weight is 266 g/mol. The monoisotopic (exact) mass is 266 g/mol. The Bertz CT molecular complexity index is 498. The third kappa shape index (κ3) is 2.22. The van der Waals surface area contributed by atoms with Crippen LogP contribution in [0.1, 0.15) is 25.5 Å². The van der Waals surface area contributed by atoms with E-state index in [-0.39, 0.29) is 0 Å². The fourth-order valence-electron chi connectivity index (χ4n) is 2.30. The minimum atomic E-state index is 0.364. The third-order valence-electron chi connectivity index (χ3n) is 3.25. The molecule has 0 radical (unpaired) electrons. The van der Waals surface area contributed by atoms with Gasteiger partial charge in [0.05, 0.1) is 18.0 Å². The topological polar surface area (TPSA) is 42.7 Å². The van der Waals surface area contributed by atoms with Crippen molar-refractivity contribution in [2.45, 2.75) is 32.8 Å². The minimum absolute atomic E-state index is 0.364. The number of hydrogen-bond donors (Lipinski definition) is 0. The van der Waals surface area contributed by atoms with Crippen LogP contribution in [0.3, 0.4) is 0 Å². The molecule has 0 aromatic carbocycles. The highest BCUT2D eigenvalue weighted by Crippen LogP contribution is 2.24. The fraction of sp³-hybridized carbons (Fsp3) is 0.667. The van der Waals surface area contributed by atoms with Gasteiger partial charge in [0.25, 0.3) is 0 Å². The average Bonchev–Trinajstić information content (AvgIpc) is 3.00. The third-order valence-corrected chi connectivity index (χ3v) is 4.24. The Morgan fingerprint density at radius 2 is 2.50 bits per heavy atom. The van der Waals surface area contributed by atoms with Crippen LogP contribution in [-0.2, 0) is 4.74 Å². The van der Waals surface area contributed by atoms with Crippen molar-refractivity contribution in [1.82, 2.24) is 14.6 Å². The molecule has 18 heavy (non-hydrogen) atoms. The lowest BCUT2D eigenvalue weighted by Gasteiger charge is -2.22. The molecule has 0 spiro atoms. The number of aromatic nitrogens is 3. The fourth-order valence-corrected chi connectivity index (χ4v) is 3.30. The second-order valence-corrected chi connectivity index (χ2v) is 5.60. The van der Waals surface area contributed by atoms with Crippen LogP contribution in [-0.4, -0.2) is 40.4 Å². The van der Waals surface area contributed by atoms with E-state index in [1.807, 2.05) is 17.6 Å². The molecule has 1 fully saturated rings. The van der Waals surface area contributed by atoms with Gasteiger partial charge in [0.2, 0.25) is 10.1 Å². The maximum Gasteiger partial charge on any atom is 0.214 e. The Morgan fingerprint density at radius 1 is 1.61 bits per heavy atom. The molecule has 2 aromatic heterocycles. The number of rotatable bonds is 4. The zero-order chi connectivity index (χ0) is 12.5. The Labute approximate surface area is 110 Å². The van der Waals surface area contributed by atoms with Crippen molar-refractivity contribution in [3.05, 3.63) is 11.9 Å². The summed E-state index contributed by atoms with van der Waals surface area (Å²) in [6.07, 6.45) is 4.68. The van der Waals surface area contributed by atoms with Crippen molar-refractivity contribution in [1.29, 1.82) is 0 Å². The summed E-state index contributed by atoms with van der Waals surface area (Å²) in [6, 6.07) is 0. The van der Waals surface area contributed by atoms with Gasteiger partial charge in [0.15, 0.2) is 0 Å². The molecule has 0 saturated carbocycles. The molecule has 3 rings (SSSR count). The van der Waals surface area contributed by atoms with E-state index in [0.717, 1.165) is 41.9 Å². The van der Waals surface area contributed by atoms with Crippen LogP contribution >= 0.6 is 11.3 Å². The maximum atomic E-state index is 5.69. The molecule has 5 nitrogen and oxygen atoms in total. The predicted octanol–water partition coefficient (Wildman–Crippen LogP) is 2.10. The van der Waals surface area contributed by atoms with Crippen LogP contribution in [0.4, 0.5) is 5.13 Å². The number of imidazole rings is 1. The molecule has 6 heteroatoms. The van der Waals surface area contributed by atoms with Gasteiger partial charge >= 0.3 is 0 Å². The number of anilines is 1. The van der Waals surface area contributed by atoms with Gasteiger partial charge in [-0.05, 0) is 26.7 Å². The van der Waals surface area contributed by atoms with Gasteiger partial charge in [-0.15, -0.1) is 5.10 Å². The summed E-state index contributed by atoms with van der Waals surface area (Å²) in [6.45, 7) is 6.94. The first-order valence-corrected chi connectivity index (χ1v) is 7.27. The Hall–Kier alpha value is -1.14. The number of likely N-dealkylation sites (N-methyl/N-ethyl adjacent to an activating group) is 1. The van der Waals surface area contributed by atoms with Gasteiger partial charge in [-0.25, -0.2) is 9.50 Å². The van der Waals surface area contributed by atoms with Crippen molar-refractivity contribution in [2.75, 3.05) is 24.6 Å². The lowest BCUT2D eigenvalue weighted by atomic mass is 10.2. The van der Waals surface area contributed by atoms with Gasteiger partial charge in [0, 0.05) is 19.7 Å². The van der Waals surface area contributed by atoms with E-state index in [1.54, 1.807) is 11.3 Å². The van der Waals surface area contributed by atoms with Crippen molar-refractivity contribution in [3.63, 3.8) is 0 Å². The van der Waals surface area contributed by atoms with E-state index >= 15 is 0 Å². The van der Waals surface area contributed by atoms with Crippen LogP contribution in [0.25, 0.3) is 4.96 Å². The molecule has 0 amide bonds. The normalized spacial score (nSPS) is 19.8. The lowest BCUT2D eigenvalue weighted by Crippen LogP contribution is -2.32. The number of ether oxygens (including phenoxy) is 1. The lowest BCUT2D eigenvalue weighted by molar-refractivity contribution is 0.115. The Kier molecular flexibility index (Phi) is 3.22. The van der Waals surface area contributed by atoms with E-state index in [1.165, 1.54) is 6.42 Å². The van der Waals surface area contributed by atoms with Crippen LogP contribution < -0.4 is 4.90 Å². The molecule has 1 saturated heterocycles.